The van der Waals surface area contributed by atoms with Gasteiger partial charge in [0.05, 0.1) is 5.56 Å². The minimum absolute atomic E-state index is 0.257. The van der Waals surface area contributed by atoms with Crippen LogP contribution in [0.2, 0.25) is 5.15 Å². The van der Waals surface area contributed by atoms with Crippen LogP contribution in [0.3, 0.4) is 0 Å². The van der Waals surface area contributed by atoms with Gasteiger partial charge in [0.1, 0.15) is 23.6 Å². The van der Waals surface area contributed by atoms with E-state index >= 15 is 0 Å². The quantitative estimate of drug-likeness (QED) is 0.790. The first-order valence-corrected chi connectivity index (χ1v) is 6.39. The number of nitrogens with zero attached hydrogens (tertiary/aromatic N) is 3. The maximum atomic E-state index is 9.01. The third kappa shape index (κ3) is 3.67. The molecule has 2 rings (SSSR count). The summed E-state index contributed by atoms with van der Waals surface area (Å²) >= 11 is 5.92. The van der Waals surface area contributed by atoms with Gasteiger partial charge in [0, 0.05) is 12.7 Å². The zero-order valence-corrected chi connectivity index (χ0v) is 11.6. The Bertz CT molecular complexity index is 641. The Morgan fingerprint density at radius 1 is 1.30 bits per heavy atom. The van der Waals surface area contributed by atoms with E-state index in [1.54, 1.807) is 24.3 Å². The first kappa shape index (κ1) is 14.3. The van der Waals surface area contributed by atoms with Crippen molar-refractivity contribution in [3.05, 3.63) is 46.9 Å². The molecule has 0 aliphatic heterocycles. The van der Waals surface area contributed by atoms with Gasteiger partial charge in [-0.15, -0.1) is 0 Å². The minimum atomic E-state index is 0.257. The standard InChI is InChI=1S/C14H12ClN3O2/c1-2-19-9-13-17-12(15)7-14(18-13)20-11-6-4-3-5-10(11)8-16/h3-7H,2,9H2,1H3. The molecule has 0 aliphatic rings. The number of halogens is 1. The second-order valence-corrected chi connectivity index (χ2v) is 4.18. The number of para-hydroxylation sites is 1. The highest BCUT2D eigenvalue weighted by Crippen LogP contribution is 2.24. The maximum Gasteiger partial charge on any atom is 0.224 e. The largest absolute Gasteiger partial charge is 0.437 e. The van der Waals surface area contributed by atoms with Crippen LogP contribution in [-0.4, -0.2) is 16.6 Å². The van der Waals surface area contributed by atoms with Gasteiger partial charge in [-0.1, -0.05) is 23.7 Å². The van der Waals surface area contributed by atoms with Crippen LogP contribution < -0.4 is 4.74 Å². The molecule has 0 spiro atoms. The number of hydrogen-bond donors (Lipinski definition) is 0. The lowest BCUT2D eigenvalue weighted by atomic mass is 10.2. The van der Waals surface area contributed by atoms with E-state index in [4.69, 9.17) is 26.3 Å². The van der Waals surface area contributed by atoms with Gasteiger partial charge in [-0.2, -0.15) is 10.2 Å². The molecule has 0 fully saturated rings. The number of aromatic nitrogens is 2. The molecule has 0 saturated carbocycles. The van der Waals surface area contributed by atoms with Crippen LogP contribution in [0.5, 0.6) is 11.6 Å². The van der Waals surface area contributed by atoms with E-state index in [-0.39, 0.29) is 17.6 Å². The summed E-state index contributed by atoms with van der Waals surface area (Å²) in [4.78, 5) is 8.23. The molecule has 1 heterocycles. The SMILES string of the molecule is CCOCc1nc(Cl)cc(Oc2ccccc2C#N)n1. The first-order chi connectivity index (χ1) is 9.72. The summed E-state index contributed by atoms with van der Waals surface area (Å²) in [5.74, 6) is 1.14. The van der Waals surface area contributed by atoms with Crippen LogP contribution in [0.25, 0.3) is 0 Å². The van der Waals surface area contributed by atoms with Crippen molar-refractivity contribution in [2.24, 2.45) is 0 Å². The van der Waals surface area contributed by atoms with Gasteiger partial charge in [-0.3, -0.25) is 0 Å². The summed E-state index contributed by atoms with van der Waals surface area (Å²) in [7, 11) is 0. The molecule has 20 heavy (non-hydrogen) atoms. The van der Waals surface area contributed by atoms with E-state index in [1.807, 2.05) is 6.92 Å². The smallest absolute Gasteiger partial charge is 0.224 e. The molecule has 0 unspecified atom stereocenters. The Morgan fingerprint density at radius 3 is 2.85 bits per heavy atom. The topological polar surface area (TPSA) is 68.0 Å². The lowest BCUT2D eigenvalue weighted by molar-refractivity contribution is 0.128. The van der Waals surface area contributed by atoms with Gasteiger partial charge < -0.3 is 9.47 Å². The van der Waals surface area contributed by atoms with Crippen molar-refractivity contribution in [2.45, 2.75) is 13.5 Å². The van der Waals surface area contributed by atoms with Crippen molar-refractivity contribution in [2.75, 3.05) is 6.61 Å². The molecule has 1 aromatic heterocycles. The van der Waals surface area contributed by atoms with Gasteiger partial charge in [0.2, 0.25) is 5.88 Å². The molecule has 0 atom stereocenters. The second kappa shape index (κ2) is 6.85. The van der Waals surface area contributed by atoms with Crippen LogP contribution in [-0.2, 0) is 11.3 Å². The highest BCUT2D eigenvalue weighted by molar-refractivity contribution is 6.29. The Morgan fingerprint density at radius 2 is 2.10 bits per heavy atom. The number of hydrogen-bond acceptors (Lipinski definition) is 5. The first-order valence-electron chi connectivity index (χ1n) is 6.01. The molecule has 5 nitrogen and oxygen atoms in total. The van der Waals surface area contributed by atoms with Crippen molar-refractivity contribution in [1.82, 2.24) is 9.97 Å². The number of nitriles is 1. The van der Waals surface area contributed by atoms with E-state index in [2.05, 4.69) is 16.0 Å². The summed E-state index contributed by atoms with van der Waals surface area (Å²) in [6.45, 7) is 2.70. The molecular formula is C14H12ClN3O2. The molecule has 0 radical (unpaired) electrons. The van der Waals surface area contributed by atoms with E-state index in [0.717, 1.165) is 0 Å². The zero-order chi connectivity index (χ0) is 14.4. The maximum absolute atomic E-state index is 9.01. The van der Waals surface area contributed by atoms with Crippen LogP contribution in [0.1, 0.15) is 18.3 Å². The second-order valence-electron chi connectivity index (χ2n) is 3.79. The van der Waals surface area contributed by atoms with Crippen LogP contribution in [0.4, 0.5) is 0 Å². The third-order valence-corrected chi connectivity index (χ3v) is 2.57. The van der Waals surface area contributed by atoms with Gasteiger partial charge in [-0.05, 0) is 19.1 Å². The van der Waals surface area contributed by atoms with Gasteiger partial charge in [0.25, 0.3) is 0 Å². The summed E-state index contributed by atoms with van der Waals surface area (Å²) in [5, 5.41) is 9.28. The summed E-state index contributed by atoms with van der Waals surface area (Å²) in [6.07, 6.45) is 0. The van der Waals surface area contributed by atoms with Crippen LogP contribution >= 0.6 is 11.6 Å². The molecular weight excluding hydrogens is 278 g/mol. The fourth-order valence-corrected chi connectivity index (χ4v) is 1.70. The normalized spacial score (nSPS) is 10.1. The molecule has 0 N–H and O–H groups in total. The number of ether oxygens (including phenoxy) is 2. The average Bonchev–Trinajstić information content (AvgIpc) is 2.45. The summed E-state index contributed by atoms with van der Waals surface area (Å²) < 4.78 is 10.8. The minimum Gasteiger partial charge on any atom is -0.437 e. The van der Waals surface area contributed by atoms with Gasteiger partial charge in [-0.25, -0.2) is 4.98 Å². The highest BCUT2D eigenvalue weighted by Gasteiger charge is 2.08. The van der Waals surface area contributed by atoms with Crippen molar-refractivity contribution < 1.29 is 9.47 Å². The molecule has 0 amide bonds. The lowest BCUT2D eigenvalue weighted by Gasteiger charge is -2.08. The molecule has 6 heteroatoms. The van der Waals surface area contributed by atoms with Crippen molar-refractivity contribution >= 4 is 11.6 Å². The average molecular weight is 290 g/mol. The van der Waals surface area contributed by atoms with E-state index in [1.165, 1.54) is 6.07 Å². The van der Waals surface area contributed by atoms with Crippen molar-refractivity contribution in [1.29, 1.82) is 5.26 Å². The zero-order valence-electron chi connectivity index (χ0n) is 10.8. The molecule has 1 aromatic carbocycles. The number of benzene rings is 1. The van der Waals surface area contributed by atoms with E-state index < -0.39 is 0 Å². The fraction of sp³-hybridized carbons (Fsp3) is 0.214. The van der Waals surface area contributed by atoms with Crippen LogP contribution in [0, 0.1) is 11.3 Å². The van der Waals surface area contributed by atoms with Crippen LogP contribution in [0.15, 0.2) is 30.3 Å². The summed E-state index contributed by atoms with van der Waals surface area (Å²) in [6, 6.07) is 10.4. The van der Waals surface area contributed by atoms with Gasteiger partial charge >= 0.3 is 0 Å². The monoisotopic (exact) mass is 289 g/mol. The summed E-state index contributed by atoms with van der Waals surface area (Å²) in [5.41, 5.74) is 0.425. The lowest BCUT2D eigenvalue weighted by Crippen LogP contribution is -2.01. The van der Waals surface area contributed by atoms with Crippen molar-refractivity contribution in [3.8, 4) is 17.7 Å². The Labute approximate surface area is 121 Å². The Hall–Kier alpha value is -2.16. The Kier molecular flexibility index (Phi) is 4.88. The van der Waals surface area contributed by atoms with E-state index in [9.17, 15) is 0 Å². The van der Waals surface area contributed by atoms with Crippen molar-refractivity contribution in [3.63, 3.8) is 0 Å². The molecule has 0 bridgehead atoms. The predicted molar refractivity (Wildman–Crippen MR) is 73.6 cm³/mol. The fourth-order valence-electron chi connectivity index (χ4n) is 1.51. The molecule has 0 saturated heterocycles. The number of rotatable bonds is 5. The van der Waals surface area contributed by atoms with Gasteiger partial charge in [0.15, 0.2) is 5.82 Å². The molecule has 102 valence electrons. The predicted octanol–water partition coefficient (Wildman–Crippen LogP) is 3.33. The van der Waals surface area contributed by atoms with E-state index in [0.29, 0.717) is 23.7 Å². The third-order valence-electron chi connectivity index (χ3n) is 2.38. The molecule has 2 aromatic rings. The Balaban J connectivity index is 2.25. The molecule has 0 aliphatic carbocycles. The highest BCUT2D eigenvalue weighted by atomic mass is 35.5.